The topological polar surface area (TPSA) is 30.5 Å². The van der Waals surface area contributed by atoms with Crippen molar-refractivity contribution in [1.82, 2.24) is 0 Å². The van der Waals surface area contributed by atoms with Crippen LogP contribution >= 0.6 is 39.1 Å². The van der Waals surface area contributed by atoms with Crippen LogP contribution in [0.4, 0.5) is 10.1 Å². The van der Waals surface area contributed by atoms with Crippen molar-refractivity contribution >= 4 is 44.8 Å². The minimum atomic E-state index is -0.284. The van der Waals surface area contributed by atoms with Gasteiger partial charge in [0.25, 0.3) is 0 Å². The number of benzene rings is 3. The Bertz CT molecular complexity index is 947. The highest BCUT2D eigenvalue weighted by Gasteiger charge is 2.16. The van der Waals surface area contributed by atoms with E-state index < -0.39 is 0 Å². The average molecular weight is 485 g/mol. The molecule has 0 aromatic heterocycles. The molecule has 0 spiro atoms. The summed E-state index contributed by atoms with van der Waals surface area (Å²) < 4.78 is 25.5. The SMILES string of the molecule is COc1ccc(Br)c(CNc2ccc(F)cc2)c1OCc1c(Cl)cccc1Cl. The zero-order valence-electron chi connectivity index (χ0n) is 14.9. The van der Waals surface area contributed by atoms with Crippen molar-refractivity contribution in [1.29, 1.82) is 0 Å². The van der Waals surface area contributed by atoms with Gasteiger partial charge < -0.3 is 14.8 Å². The highest BCUT2D eigenvalue weighted by Crippen LogP contribution is 2.38. The quantitative estimate of drug-likeness (QED) is 0.388. The monoisotopic (exact) mass is 483 g/mol. The second kappa shape index (κ2) is 9.50. The third kappa shape index (κ3) is 4.90. The molecule has 3 aromatic carbocycles. The average Bonchev–Trinajstić information content (AvgIpc) is 2.68. The van der Waals surface area contributed by atoms with E-state index in [-0.39, 0.29) is 12.4 Å². The highest BCUT2D eigenvalue weighted by molar-refractivity contribution is 9.10. The second-order valence-corrected chi connectivity index (χ2v) is 7.58. The van der Waals surface area contributed by atoms with Gasteiger partial charge in [-0.25, -0.2) is 4.39 Å². The van der Waals surface area contributed by atoms with Crippen LogP contribution in [0.5, 0.6) is 11.5 Å². The summed E-state index contributed by atoms with van der Waals surface area (Å²) in [6.45, 7) is 0.629. The van der Waals surface area contributed by atoms with E-state index in [1.807, 2.05) is 12.1 Å². The molecule has 3 nitrogen and oxygen atoms in total. The first-order valence-electron chi connectivity index (χ1n) is 8.40. The van der Waals surface area contributed by atoms with E-state index in [0.717, 1.165) is 15.7 Å². The Hall–Kier alpha value is -1.95. The number of ether oxygens (including phenoxy) is 2. The summed E-state index contributed by atoms with van der Waals surface area (Å²) in [5.41, 5.74) is 2.34. The van der Waals surface area contributed by atoms with Gasteiger partial charge in [-0.3, -0.25) is 0 Å². The minimum Gasteiger partial charge on any atom is -0.493 e. The first-order chi connectivity index (χ1) is 13.5. The van der Waals surface area contributed by atoms with Crippen molar-refractivity contribution in [2.45, 2.75) is 13.2 Å². The van der Waals surface area contributed by atoms with Crippen LogP contribution in [-0.2, 0) is 13.2 Å². The molecule has 0 saturated heterocycles. The molecule has 0 aliphatic heterocycles. The summed E-state index contributed by atoms with van der Waals surface area (Å²) in [5.74, 6) is 0.874. The van der Waals surface area contributed by atoms with E-state index in [1.165, 1.54) is 12.1 Å². The van der Waals surface area contributed by atoms with Crippen molar-refractivity contribution in [3.8, 4) is 11.5 Å². The summed E-state index contributed by atoms with van der Waals surface area (Å²) in [6, 6.07) is 15.2. The van der Waals surface area contributed by atoms with E-state index in [0.29, 0.717) is 33.7 Å². The predicted octanol–water partition coefficient (Wildman–Crippen LogP) is 7.09. The lowest BCUT2D eigenvalue weighted by Gasteiger charge is -2.18. The van der Waals surface area contributed by atoms with Gasteiger partial charge in [-0.2, -0.15) is 0 Å². The Morgan fingerprint density at radius 1 is 0.964 bits per heavy atom. The zero-order chi connectivity index (χ0) is 20.1. The molecule has 0 fully saturated rings. The minimum absolute atomic E-state index is 0.189. The molecule has 7 heteroatoms. The molecule has 28 heavy (non-hydrogen) atoms. The van der Waals surface area contributed by atoms with Crippen molar-refractivity contribution < 1.29 is 13.9 Å². The second-order valence-electron chi connectivity index (χ2n) is 5.91. The number of hydrogen-bond donors (Lipinski definition) is 1. The number of hydrogen-bond acceptors (Lipinski definition) is 3. The lowest BCUT2D eigenvalue weighted by Crippen LogP contribution is -2.07. The van der Waals surface area contributed by atoms with Crippen LogP contribution in [0.1, 0.15) is 11.1 Å². The van der Waals surface area contributed by atoms with Crippen LogP contribution in [0.3, 0.4) is 0 Å². The number of nitrogens with one attached hydrogen (secondary N) is 1. The largest absolute Gasteiger partial charge is 0.493 e. The first kappa shape index (κ1) is 20.8. The molecule has 0 heterocycles. The number of rotatable bonds is 7. The fourth-order valence-electron chi connectivity index (χ4n) is 2.64. The predicted molar refractivity (Wildman–Crippen MR) is 115 cm³/mol. The van der Waals surface area contributed by atoms with Gasteiger partial charge in [0.1, 0.15) is 12.4 Å². The molecule has 0 aliphatic carbocycles. The Kier molecular flexibility index (Phi) is 7.05. The molecule has 0 radical (unpaired) electrons. The molecule has 0 unspecified atom stereocenters. The van der Waals surface area contributed by atoms with E-state index in [1.54, 1.807) is 37.4 Å². The highest BCUT2D eigenvalue weighted by atomic mass is 79.9. The summed E-state index contributed by atoms with van der Waals surface area (Å²) >= 11 is 16.1. The molecule has 0 amide bonds. The third-order valence-corrected chi connectivity index (χ3v) is 5.57. The molecule has 3 aromatic rings. The molecule has 0 atom stereocenters. The Labute approximate surface area is 181 Å². The Morgan fingerprint density at radius 3 is 2.29 bits per heavy atom. The van der Waals surface area contributed by atoms with Gasteiger partial charge in [0.2, 0.25) is 0 Å². The maximum absolute atomic E-state index is 13.1. The number of anilines is 1. The number of halogens is 4. The van der Waals surface area contributed by atoms with E-state index in [4.69, 9.17) is 32.7 Å². The van der Waals surface area contributed by atoms with Gasteiger partial charge in [-0.05, 0) is 48.5 Å². The molecular weight excluding hydrogens is 468 g/mol. The van der Waals surface area contributed by atoms with Gasteiger partial charge >= 0.3 is 0 Å². The van der Waals surface area contributed by atoms with Crippen LogP contribution in [0.15, 0.2) is 59.1 Å². The van der Waals surface area contributed by atoms with Crippen LogP contribution in [0, 0.1) is 5.82 Å². The van der Waals surface area contributed by atoms with Crippen molar-refractivity contribution in [3.05, 3.63) is 86.1 Å². The van der Waals surface area contributed by atoms with Gasteiger partial charge in [0.05, 0.1) is 7.11 Å². The van der Waals surface area contributed by atoms with Gasteiger partial charge in [-0.1, -0.05) is 45.2 Å². The number of methoxy groups -OCH3 is 1. The van der Waals surface area contributed by atoms with E-state index in [2.05, 4.69) is 21.2 Å². The van der Waals surface area contributed by atoms with Crippen LogP contribution in [-0.4, -0.2) is 7.11 Å². The summed E-state index contributed by atoms with van der Waals surface area (Å²) in [7, 11) is 1.58. The molecule has 0 bridgehead atoms. The standard InChI is InChI=1S/C21H17BrCl2FNO2/c1-27-20-10-9-17(22)15(11-26-14-7-5-13(25)6-8-14)21(20)28-12-16-18(23)3-2-4-19(16)24/h2-10,26H,11-12H2,1H3. The van der Waals surface area contributed by atoms with Crippen LogP contribution in [0.2, 0.25) is 10.0 Å². The molecule has 1 N–H and O–H groups in total. The Morgan fingerprint density at radius 2 is 1.64 bits per heavy atom. The fourth-order valence-corrected chi connectivity index (χ4v) is 3.60. The van der Waals surface area contributed by atoms with Crippen molar-refractivity contribution in [2.75, 3.05) is 12.4 Å². The van der Waals surface area contributed by atoms with Gasteiger partial charge in [-0.15, -0.1) is 0 Å². The molecule has 3 rings (SSSR count). The van der Waals surface area contributed by atoms with Crippen LogP contribution in [0.25, 0.3) is 0 Å². The summed E-state index contributed by atoms with van der Waals surface area (Å²) in [4.78, 5) is 0. The molecular formula is C21H17BrCl2FNO2. The smallest absolute Gasteiger partial charge is 0.167 e. The summed E-state index contributed by atoms with van der Waals surface area (Å²) in [5, 5.41) is 4.33. The first-order valence-corrected chi connectivity index (χ1v) is 9.95. The molecule has 0 saturated carbocycles. The van der Waals surface area contributed by atoms with Crippen molar-refractivity contribution in [2.24, 2.45) is 0 Å². The van der Waals surface area contributed by atoms with E-state index in [9.17, 15) is 4.39 Å². The normalized spacial score (nSPS) is 10.6. The van der Waals surface area contributed by atoms with Gasteiger partial charge in [0, 0.05) is 37.9 Å². The van der Waals surface area contributed by atoms with Crippen molar-refractivity contribution in [3.63, 3.8) is 0 Å². The molecule has 0 aliphatic rings. The third-order valence-electron chi connectivity index (χ3n) is 4.12. The van der Waals surface area contributed by atoms with E-state index >= 15 is 0 Å². The lowest BCUT2D eigenvalue weighted by atomic mass is 10.1. The maximum Gasteiger partial charge on any atom is 0.167 e. The van der Waals surface area contributed by atoms with Crippen LogP contribution < -0.4 is 14.8 Å². The van der Waals surface area contributed by atoms with Gasteiger partial charge in [0.15, 0.2) is 11.5 Å². The Balaban J connectivity index is 1.86. The zero-order valence-corrected chi connectivity index (χ0v) is 18.0. The summed E-state index contributed by atoms with van der Waals surface area (Å²) in [6.07, 6.45) is 0. The molecule has 146 valence electrons. The maximum atomic E-state index is 13.1. The lowest BCUT2D eigenvalue weighted by molar-refractivity contribution is 0.281. The fraction of sp³-hybridized carbons (Fsp3) is 0.143.